The molecule has 20 heavy (non-hydrogen) atoms. The van der Waals surface area contributed by atoms with Crippen LogP contribution in [0, 0.1) is 0 Å². The van der Waals surface area contributed by atoms with E-state index in [2.05, 4.69) is 4.98 Å². The van der Waals surface area contributed by atoms with Crippen LogP contribution in [0.4, 0.5) is 11.7 Å². The number of oxazole rings is 1. The van der Waals surface area contributed by atoms with Crippen molar-refractivity contribution in [1.82, 2.24) is 4.98 Å². The number of nitrogen functional groups attached to an aromatic ring is 1. The molecular formula is C14H17N3O3. The molecule has 6 heteroatoms. The number of hydrogen-bond donors (Lipinski definition) is 1. The fourth-order valence-corrected chi connectivity index (χ4v) is 1.74. The minimum absolute atomic E-state index is 0.162. The van der Waals surface area contributed by atoms with Gasteiger partial charge in [0.1, 0.15) is 6.26 Å². The summed E-state index contributed by atoms with van der Waals surface area (Å²) in [5.41, 5.74) is 7.72. The van der Waals surface area contributed by atoms with Crippen LogP contribution >= 0.6 is 0 Å². The van der Waals surface area contributed by atoms with Crippen LogP contribution in [0.2, 0.25) is 0 Å². The molecule has 0 bridgehead atoms. The van der Waals surface area contributed by atoms with Crippen LogP contribution in [0.3, 0.4) is 0 Å². The van der Waals surface area contributed by atoms with Crippen molar-refractivity contribution in [3.8, 4) is 0 Å². The van der Waals surface area contributed by atoms with Gasteiger partial charge in [-0.05, 0) is 18.6 Å². The Kier molecular flexibility index (Phi) is 4.24. The van der Waals surface area contributed by atoms with Gasteiger partial charge in [0.25, 0.3) is 6.01 Å². The lowest BCUT2D eigenvalue weighted by Crippen LogP contribution is -2.18. The number of aromatic nitrogens is 1. The minimum Gasteiger partial charge on any atom is -0.461 e. The third-order valence-corrected chi connectivity index (χ3v) is 2.77. The molecule has 0 amide bonds. The molecule has 0 unspecified atom stereocenters. The van der Waals surface area contributed by atoms with Crippen LogP contribution in [0.5, 0.6) is 0 Å². The molecule has 1 aromatic carbocycles. The Bertz CT molecular complexity index is 595. The first-order chi connectivity index (χ1) is 9.61. The summed E-state index contributed by atoms with van der Waals surface area (Å²) in [6.07, 6.45) is 1.29. The lowest BCUT2D eigenvalue weighted by molar-refractivity contribution is 0.0519. The number of rotatable bonds is 5. The van der Waals surface area contributed by atoms with Gasteiger partial charge >= 0.3 is 5.97 Å². The molecule has 2 aromatic rings. The zero-order chi connectivity index (χ0) is 14.5. The molecule has 0 saturated heterocycles. The lowest BCUT2D eigenvalue weighted by atomic mass is 10.2. The molecule has 1 aromatic heterocycles. The van der Waals surface area contributed by atoms with E-state index < -0.39 is 5.97 Å². The Morgan fingerprint density at radius 2 is 2.20 bits per heavy atom. The van der Waals surface area contributed by atoms with E-state index >= 15 is 0 Å². The van der Waals surface area contributed by atoms with Crippen LogP contribution < -0.4 is 10.6 Å². The zero-order valence-corrected chi connectivity index (χ0v) is 11.5. The molecule has 106 valence electrons. The Hall–Kier alpha value is -2.50. The van der Waals surface area contributed by atoms with Crippen molar-refractivity contribution in [2.24, 2.45) is 0 Å². The summed E-state index contributed by atoms with van der Waals surface area (Å²) in [6.45, 7) is 2.58. The third kappa shape index (κ3) is 3.09. The molecule has 0 aliphatic heterocycles. The Labute approximate surface area is 117 Å². The molecule has 2 rings (SSSR count). The Balaban J connectivity index is 2.08. The van der Waals surface area contributed by atoms with E-state index in [1.54, 1.807) is 11.8 Å². The van der Waals surface area contributed by atoms with E-state index in [1.165, 1.54) is 6.26 Å². The van der Waals surface area contributed by atoms with Gasteiger partial charge in [0, 0.05) is 19.3 Å². The standard InChI is InChI=1S/C14H17N3O3/c1-3-19-13(18)12-9-20-14(16-12)17(2)8-10-6-4-5-7-11(10)15/h4-7,9H,3,8,15H2,1-2H3. The number of para-hydroxylation sites is 1. The maximum Gasteiger partial charge on any atom is 0.360 e. The van der Waals surface area contributed by atoms with Crippen LogP contribution in [-0.2, 0) is 11.3 Å². The van der Waals surface area contributed by atoms with E-state index in [4.69, 9.17) is 14.9 Å². The predicted molar refractivity (Wildman–Crippen MR) is 75.4 cm³/mol. The second kappa shape index (κ2) is 6.10. The first-order valence-electron chi connectivity index (χ1n) is 6.29. The molecule has 0 aliphatic carbocycles. The van der Waals surface area contributed by atoms with E-state index in [0.29, 0.717) is 24.9 Å². The molecule has 2 N–H and O–H groups in total. The summed E-state index contributed by atoms with van der Waals surface area (Å²) >= 11 is 0. The summed E-state index contributed by atoms with van der Waals surface area (Å²) in [5.74, 6) is -0.491. The first-order valence-corrected chi connectivity index (χ1v) is 6.29. The largest absolute Gasteiger partial charge is 0.461 e. The predicted octanol–water partition coefficient (Wildman–Crippen LogP) is 2.07. The Morgan fingerprint density at radius 1 is 1.45 bits per heavy atom. The van der Waals surface area contributed by atoms with Gasteiger partial charge < -0.3 is 19.8 Å². The summed E-state index contributed by atoms with van der Waals surface area (Å²) in [7, 11) is 1.81. The number of anilines is 2. The van der Waals surface area contributed by atoms with Gasteiger partial charge in [0.15, 0.2) is 5.69 Å². The normalized spacial score (nSPS) is 10.3. The molecule has 0 aliphatic rings. The summed E-state index contributed by atoms with van der Waals surface area (Å²) in [6, 6.07) is 7.91. The highest BCUT2D eigenvalue weighted by Gasteiger charge is 2.16. The molecule has 0 saturated carbocycles. The number of carbonyl (C=O) groups is 1. The van der Waals surface area contributed by atoms with Crippen molar-refractivity contribution in [3.05, 3.63) is 41.8 Å². The van der Waals surface area contributed by atoms with Gasteiger partial charge in [-0.25, -0.2) is 4.79 Å². The average molecular weight is 275 g/mol. The average Bonchev–Trinajstić information content (AvgIpc) is 2.91. The molecule has 1 heterocycles. The number of hydrogen-bond acceptors (Lipinski definition) is 6. The van der Waals surface area contributed by atoms with Crippen molar-refractivity contribution >= 4 is 17.7 Å². The zero-order valence-electron chi connectivity index (χ0n) is 11.5. The third-order valence-electron chi connectivity index (χ3n) is 2.77. The van der Waals surface area contributed by atoms with Crippen molar-refractivity contribution in [1.29, 1.82) is 0 Å². The highest BCUT2D eigenvalue weighted by Crippen LogP contribution is 2.18. The van der Waals surface area contributed by atoms with E-state index in [-0.39, 0.29) is 5.69 Å². The summed E-state index contributed by atoms with van der Waals surface area (Å²) in [5, 5.41) is 0. The molecular weight excluding hydrogens is 258 g/mol. The van der Waals surface area contributed by atoms with E-state index in [0.717, 1.165) is 5.56 Å². The van der Waals surface area contributed by atoms with Crippen LogP contribution in [-0.4, -0.2) is 24.6 Å². The van der Waals surface area contributed by atoms with Gasteiger partial charge in [0.05, 0.1) is 6.61 Å². The highest BCUT2D eigenvalue weighted by molar-refractivity contribution is 5.87. The highest BCUT2D eigenvalue weighted by atomic mass is 16.5. The molecule has 0 fully saturated rings. The fraction of sp³-hybridized carbons (Fsp3) is 0.286. The van der Waals surface area contributed by atoms with Crippen molar-refractivity contribution in [2.75, 3.05) is 24.3 Å². The minimum atomic E-state index is -0.491. The fourth-order valence-electron chi connectivity index (χ4n) is 1.74. The van der Waals surface area contributed by atoms with E-state index in [9.17, 15) is 4.79 Å². The van der Waals surface area contributed by atoms with Crippen molar-refractivity contribution in [2.45, 2.75) is 13.5 Å². The number of nitrogens with two attached hydrogens (primary N) is 1. The van der Waals surface area contributed by atoms with E-state index in [1.807, 2.05) is 31.3 Å². The molecule has 0 atom stereocenters. The van der Waals surface area contributed by atoms with Crippen molar-refractivity contribution < 1.29 is 13.9 Å². The Morgan fingerprint density at radius 3 is 2.90 bits per heavy atom. The summed E-state index contributed by atoms with van der Waals surface area (Å²) in [4.78, 5) is 17.4. The lowest BCUT2D eigenvalue weighted by Gasteiger charge is -2.15. The van der Waals surface area contributed by atoms with Crippen LogP contribution in [0.15, 0.2) is 34.9 Å². The van der Waals surface area contributed by atoms with Crippen molar-refractivity contribution in [3.63, 3.8) is 0 Å². The second-order valence-corrected chi connectivity index (χ2v) is 4.29. The molecule has 0 radical (unpaired) electrons. The first kappa shape index (κ1) is 13.9. The number of benzene rings is 1. The molecule has 0 spiro atoms. The van der Waals surface area contributed by atoms with Gasteiger partial charge in [-0.1, -0.05) is 18.2 Å². The number of esters is 1. The summed E-state index contributed by atoms with van der Waals surface area (Å²) < 4.78 is 10.1. The molecule has 6 nitrogen and oxygen atoms in total. The smallest absolute Gasteiger partial charge is 0.360 e. The number of ether oxygens (including phenoxy) is 1. The number of nitrogens with zero attached hydrogens (tertiary/aromatic N) is 2. The van der Waals surface area contributed by atoms with Gasteiger partial charge in [-0.3, -0.25) is 0 Å². The monoisotopic (exact) mass is 275 g/mol. The quantitative estimate of drug-likeness (QED) is 0.664. The number of carbonyl (C=O) groups excluding carboxylic acids is 1. The maximum absolute atomic E-state index is 11.5. The van der Waals surface area contributed by atoms with Crippen LogP contribution in [0.1, 0.15) is 23.0 Å². The topological polar surface area (TPSA) is 81.6 Å². The van der Waals surface area contributed by atoms with Gasteiger partial charge in [-0.15, -0.1) is 0 Å². The maximum atomic E-state index is 11.5. The second-order valence-electron chi connectivity index (χ2n) is 4.29. The van der Waals surface area contributed by atoms with Gasteiger partial charge in [0.2, 0.25) is 0 Å². The van der Waals surface area contributed by atoms with Gasteiger partial charge in [-0.2, -0.15) is 4.98 Å². The van der Waals surface area contributed by atoms with Crippen LogP contribution in [0.25, 0.3) is 0 Å². The SMILES string of the molecule is CCOC(=O)c1coc(N(C)Cc2ccccc2N)n1.